The summed E-state index contributed by atoms with van der Waals surface area (Å²) in [6.07, 6.45) is 0.459. The Balaban J connectivity index is 1.87. The van der Waals surface area contributed by atoms with Gasteiger partial charge in [0.1, 0.15) is 5.82 Å². The minimum atomic E-state index is -0.969. The third-order valence-electron chi connectivity index (χ3n) is 4.86. The van der Waals surface area contributed by atoms with Crippen molar-refractivity contribution >= 4 is 22.7 Å². The number of anilines is 2. The van der Waals surface area contributed by atoms with Gasteiger partial charge in [0.2, 0.25) is 5.95 Å². The van der Waals surface area contributed by atoms with E-state index in [1.165, 1.54) is 12.1 Å². The van der Waals surface area contributed by atoms with Crippen LogP contribution < -0.4 is 11.5 Å². The predicted molar refractivity (Wildman–Crippen MR) is 107 cm³/mol. The first-order valence-electron chi connectivity index (χ1n) is 9.03. The molecule has 0 aliphatic carbocycles. The van der Waals surface area contributed by atoms with Crippen LogP contribution in [0.4, 0.5) is 29.3 Å². The van der Waals surface area contributed by atoms with Crippen LogP contribution in [-0.2, 0) is 12.8 Å². The van der Waals surface area contributed by atoms with E-state index in [-0.39, 0.29) is 24.6 Å². The number of aromatic nitrogens is 2. The minimum absolute atomic E-state index is 0.00660. The van der Waals surface area contributed by atoms with Crippen molar-refractivity contribution in [3.63, 3.8) is 0 Å². The van der Waals surface area contributed by atoms with Gasteiger partial charge in [-0.3, -0.25) is 0 Å². The molecule has 4 rings (SSSR count). The van der Waals surface area contributed by atoms with E-state index in [2.05, 4.69) is 9.97 Å². The molecule has 0 radical (unpaired) electrons. The fraction of sp³-hybridized carbons (Fsp3) is 0.0909. The van der Waals surface area contributed by atoms with Crippen LogP contribution in [0.3, 0.4) is 0 Å². The van der Waals surface area contributed by atoms with E-state index in [1.54, 1.807) is 12.1 Å². The van der Waals surface area contributed by atoms with E-state index in [9.17, 15) is 17.6 Å². The highest BCUT2D eigenvalue weighted by molar-refractivity contribution is 5.93. The molecule has 152 valence electrons. The van der Waals surface area contributed by atoms with Crippen molar-refractivity contribution in [3.8, 4) is 0 Å². The van der Waals surface area contributed by atoms with Gasteiger partial charge >= 0.3 is 0 Å². The maximum atomic E-state index is 13.7. The molecule has 0 amide bonds. The molecule has 0 spiro atoms. The molecule has 30 heavy (non-hydrogen) atoms. The first kappa shape index (κ1) is 19.6. The highest BCUT2D eigenvalue weighted by Crippen LogP contribution is 2.30. The number of rotatable bonds is 4. The summed E-state index contributed by atoms with van der Waals surface area (Å²) in [7, 11) is 0. The Morgan fingerprint density at radius 3 is 1.87 bits per heavy atom. The third-order valence-corrected chi connectivity index (χ3v) is 4.86. The lowest BCUT2D eigenvalue weighted by Gasteiger charge is -2.15. The van der Waals surface area contributed by atoms with E-state index in [0.29, 0.717) is 27.6 Å². The summed E-state index contributed by atoms with van der Waals surface area (Å²) >= 11 is 0. The molecule has 1 aromatic heterocycles. The summed E-state index contributed by atoms with van der Waals surface area (Å²) in [4.78, 5) is 8.20. The summed E-state index contributed by atoms with van der Waals surface area (Å²) in [5, 5.41) is 0.522. The Hall–Kier alpha value is -3.68. The van der Waals surface area contributed by atoms with Gasteiger partial charge in [-0.1, -0.05) is 18.2 Å². The van der Waals surface area contributed by atoms with Gasteiger partial charge in [0.25, 0.3) is 0 Å². The summed E-state index contributed by atoms with van der Waals surface area (Å²) in [5.41, 5.74) is 14.7. The van der Waals surface area contributed by atoms with Gasteiger partial charge in [-0.25, -0.2) is 22.5 Å². The summed E-state index contributed by atoms with van der Waals surface area (Å²) < 4.78 is 54.0. The standard InChI is InChI=1S/C22H16F4N4/c23-15-4-1-11(9-17(15)25)7-13-3-6-19-20(21(27)30-22(28)29-19)14(13)8-12-2-5-16(24)18(26)10-12/h1-6,9-10H,7-8H2,(H4,27,28,29,30). The molecule has 1 heterocycles. The number of hydrogen-bond acceptors (Lipinski definition) is 4. The molecule has 4 aromatic rings. The molecule has 3 aromatic carbocycles. The van der Waals surface area contributed by atoms with Crippen LogP contribution in [0.1, 0.15) is 22.3 Å². The zero-order chi connectivity index (χ0) is 21.4. The Kier molecular flexibility index (Phi) is 4.99. The smallest absolute Gasteiger partial charge is 0.222 e. The molecule has 0 aliphatic heterocycles. The van der Waals surface area contributed by atoms with Crippen LogP contribution in [0.25, 0.3) is 10.9 Å². The number of benzene rings is 3. The van der Waals surface area contributed by atoms with Crippen molar-refractivity contribution < 1.29 is 17.6 Å². The maximum Gasteiger partial charge on any atom is 0.222 e. The third kappa shape index (κ3) is 3.76. The van der Waals surface area contributed by atoms with Gasteiger partial charge in [0.05, 0.1) is 5.52 Å². The largest absolute Gasteiger partial charge is 0.383 e. The predicted octanol–water partition coefficient (Wildman–Crippen LogP) is 4.53. The van der Waals surface area contributed by atoms with Crippen molar-refractivity contribution in [2.24, 2.45) is 0 Å². The number of nitrogens with two attached hydrogens (primary N) is 2. The zero-order valence-corrected chi connectivity index (χ0v) is 15.6. The van der Waals surface area contributed by atoms with Crippen LogP contribution in [0, 0.1) is 23.3 Å². The molecule has 4 N–H and O–H groups in total. The monoisotopic (exact) mass is 412 g/mol. The second-order valence-corrected chi connectivity index (χ2v) is 6.91. The number of nitrogens with zero attached hydrogens (tertiary/aromatic N) is 2. The average molecular weight is 412 g/mol. The van der Waals surface area contributed by atoms with E-state index < -0.39 is 23.3 Å². The lowest BCUT2D eigenvalue weighted by atomic mass is 9.92. The first-order valence-corrected chi connectivity index (χ1v) is 9.03. The molecule has 0 saturated carbocycles. The lowest BCUT2D eigenvalue weighted by molar-refractivity contribution is 0.507. The van der Waals surface area contributed by atoms with Gasteiger partial charge in [-0.2, -0.15) is 4.98 Å². The van der Waals surface area contributed by atoms with Crippen molar-refractivity contribution in [2.45, 2.75) is 12.8 Å². The van der Waals surface area contributed by atoms with Crippen LogP contribution in [0.2, 0.25) is 0 Å². The van der Waals surface area contributed by atoms with Gasteiger partial charge in [0, 0.05) is 5.39 Å². The van der Waals surface area contributed by atoms with Crippen molar-refractivity contribution in [1.82, 2.24) is 9.97 Å². The Morgan fingerprint density at radius 1 is 0.667 bits per heavy atom. The molecule has 0 saturated heterocycles. The molecule has 0 bridgehead atoms. The van der Waals surface area contributed by atoms with Crippen molar-refractivity contribution in [3.05, 3.63) is 94.1 Å². The highest BCUT2D eigenvalue weighted by Gasteiger charge is 2.16. The second-order valence-electron chi connectivity index (χ2n) is 6.91. The van der Waals surface area contributed by atoms with Crippen LogP contribution >= 0.6 is 0 Å². The van der Waals surface area contributed by atoms with E-state index in [0.717, 1.165) is 29.8 Å². The number of halogens is 4. The molecular formula is C22H16F4N4. The fourth-order valence-electron chi connectivity index (χ4n) is 3.48. The summed E-state index contributed by atoms with van der Waals surface area (Å²) in [5.74, 6) is -3.66. The first-order chi connectivity index (χ1) is 14.3. The lowest BCUT2D eigenvalue weighted by Crippen LogP contribution is -2.06. The zero-order valence-electron chi connectivity index (χ0n) is 15.6. The topological polar surface area (TPSA) is 77.8 Å². The van der Waals surface area contributed by atoms with Crippen LogP contribution in [0.15, 0.2) is 48.5 Å². The van der Waals surface area contributed by atoms with E-state index in [1.807, 2.05) is 0 Å². The Labute approximate surface area is 169 Å². The number of hydrogen-bond donors (Lipinski definition) is 2. The fourth-order valence-corrected chi connectivity index (χ4v) is 3.48. The van der Waals surface area contributed by atoms with Crippen molar-refractivity contribution in [1.29, 1.82) is 0 Å². The van der Waals surface area contributed by atoms with Gasteiger partial charge in [-0.15, -0.1) is 0 Å². The molecular weight excluding hydrogens is 396 g/mol. The Morgan fingerprint density at radius 2 is 1.27 bits per heavy atom. The normalized spacial score (nSPS) is 11.2. The molecule has 0 fully saturated rings. The SMILES string of the molecule is Nc1nc(N)c2c(Cc3ccc(F)c(F)c3)c(Cc3ccc(F)c(F)c3)ccc2n1. The molecule has 4 nitrogen and oxygen atoms in total. The van der Waals surface area contributed by atoms with E-state index >= 15 is 0 Å². The van der Waals surface area contributed by atoms with Gasteiger partial charge in [0.15, 0.2) is 23.3 Å². The minimum Gasteiger partial charge on any atom is -0.383 e. The summed E-state index contributed by atoms with van der Waals surface area (Å²) in [6, 6.07) is 10.7. The quantitative estimate of drug-likeness (QED) is 0.483. The second kappa shape index (κ2) is 7.62. The molecule has 0 unspecified atom stereocenters. The van der Waals surface area contributed by atoms with E-state index in [4.69, 9.17) is 11.5 Å². The molecule has 8 heteroatoms. The van der Waals surface area contributed by atoms with Gasteiger partial charge < -0.3 is 11.5 Å². The molecule has 0 atom stereocenters. The summed E-state index contributed by atoms with van der Waals surface area (Å²) in [6.45, 7) is 0. The maximum absolute atomic E-state index is 13.7. The van der Waals surface area contributed by atoms with Crippen LogP contribution in [-0.4, -0.2) is 9.97 Å². The number of fused-ring (bicyclic) bond motifs is 1. The highest BCUT2D eigenvalue weighted by atomic mass is 19.2. The van der Waals surface area contributed by atoms with Crippen LogP contribution in [0.5, 0.6) is 0 Å². The Bertz CT molecular complexity index is 1270. The van der Waals surface area contributed by atoms with Crippen molar-refractivity contribution in [2.75, 3.05) is 11.5 Å². The molecule has 0 aliphatic rings. The van der Waals surface area contributed by atoms with Gasteiger partial charge in [-0.05, 0) is 65.4 Å². The average Bonchev–Trinajstić information content (AvgIpc) is 2.69. The number of nitrogen functional groups attached to an aromatic ring is 2.